The minimum Gasteiger partial charge on any atom is 2.00 e. The van der Waals surface area contributed by atoms with Crippen LogP contribution in [0.5, 0.6) is 0 Å². The molecule has 0 aromatic carbocycles. The monoisotopic (exact) mass is 1830 g/mol. The summed E-state index contributed by atoms with van der Waals surface area (Å²) in [6, 6.07) is 0. The number of rotatable bonds is 0. The topological polar surface area (TPSA) is 201 Å². The maximum atomic E-state index is 10.1. The molecule has 0 unspecified atom stereocenters. The molecule has 0 aromatic heterocycles. The molecule has 0 bridgehead atoms. The molecule has 6 N–H and O–H groups in total. The fraction of sp³-hybridized carbons (Fsp3) is 0. The Kier molecular flexibility index (Phi) is 32.8. The van der Waals surface area contributed by atoms with Crippen LogP contribution in [0.2, 0.25) is 0 Å². The third-order valence-corrected chi connectivity index (χ3v) is 0. The Hall–Kier alpha value is 3.55. The maximum Gasteiger partial charge on any atom is 2.00 e. The first-order valence-corrected chi connectivity index (χ1v) is 39.2. The fourth-order valence-electron chi connectivity index (χ4n) is 0. The molecule has 0 fully saturated rings. The van der Waals surface area contributed by atoms with Gasteiger partial charge in [0.25, 0.3) is 0 Å². The molecule has 0 aliphatic rings. The summed E-state index contributed by atoms with van der Waals surface area (Å²) < 4.78 is 372. The normalized spacial score (nSPS) is 18.5. The van der Waals surface area contributed by atoms with Crippen LogP contribution in [-0.4, -0.2) is 133 Å². The molecule has 0 aliphatic heterocycles. The molecule has 0 amide bonds. The van der Waals surface area contributed by atoms with Crippen LogP contribution in [0.1, 0.15) is 0 Å². The van der Waals surface area contributed by atoms with Gasteiger partial charge in [-0.2, -0.15) is 0 Å². The average Bonchev–Trinajstić information content (AvgIpc) is 2.43. The van der Waals surface area contributed by atoms with Crippen LogP contribution >= 0.6 is 0 Å². The van der Waals surface area contributed by atoms with Crippen LogP contribution in [0.15, 0.2) is 0 Å². The molecule has 0 aromatic rings. The van der Waals surface area contributed by atoms with Crippen molar-refractivity contribution in [2.75, 3.05) is 0 Å². The zero-order chi connectivity index (χ0) is 46.4. The van der Waals surface area contributed by atoms with Crippen LogP contribution in [0.4, 0.5) is 86.8 Å². The Morgan fingerprint density at radius 1 is 0.208 bits per heavy atom. The second kappa shape index (κ2) is 18.9. The predicted octanol–water partition coefficient (Wildman–Crippen LogP) is 6.82. The van der Waals surface area contributed by atoms with Crippen molar-refractivity contribution in [3.05, 3.63) is 26.6 Å². The van der Waals surface area contributed by atoms with Crippen LogP contribution in [0, 0.1) is 26.6 Å². The summed E-state index contributed by atoms with van der Waals surface area (Å²) in [6.07, 6.45) is 0. The molecule has 0 heterocycles. The smallest absolute Gasteiger partial charge is 2.00 e. The van der Waals surface area contributed by atoms with Gasteiger partial charge in [-0.3, -0.25) is 0 Å². The molecule has 0 aliphatic carbocycles. The van der Waals surface area contributed by atoms with E-state index in [2.05, 4.69) is 26.6 Å². The number of hydrogen-bond acceptors (Lipinski definition) is 6. The molecular formula is C4H6Ag2F30O10Te6Ti+4. The summed E-state index contributed by atoms with van der Waals surface area (Å²) in [5, 5.41) is 0. The minimum absolute atomic E-state index is 0. The van der Waals surface area contributed by atoms with Gasteiger partial charge in [-0.15, -0.1) is 0 Å². The largest absolute Gasteiger partial charge is 2.00 e. The third kappa shape index (κ3) is 12600. The Morgan fingerprint density at radius 2 is 0.208 bits per heavy atom. The molecule has 0 spiro atoms. The van der Waals surface area contributed by atoms with Crippen molar-refractivity contribution in [3.63, 3.8) is 0 Å². The van der Waals surface area contributed by atoms with E-state index < -0.39 is 112 Å². The first-order valence-electron chi connectivity index (χ1n) is 6.54. The molecule has 0 rings (SSSR count). The molecule has 0 saturated heterocycles. The SMILES string of the molecule is O[Te](F)(F)(F)(F)F.O[Te](F)(F)(F)(F)F.O[Te](F)(F)(F)(F)F.O[Te](F)(F)(F)(F)F.O[Te](F)(F)(F)(F)F.O[Te](F)(F)(F)(F)F.[Ag+].[Ag+].[C-]#[O+].[C-]#[O+].[C-]#[O+].[C-]#[O+].[Ti+2]. The Morgan fingerprint density at radius 3 is 0.208 bits per heavy atom. The van der Waals surface area contributed by atoms with Crippen LogP contribution in [-0.2, 0) is 85.1 Å². The van der Waals surface area contributed by atoms with E-state index in [0.29, 0.717) is 0 Å². The predicted molar refractivity (Wildman–Crippen MR) is 96.8 cm³/mol. The zero-order valence-corrected chi connectivity index (χ0v) is 39.7. The first-order chi connectivity index (χ1) is 18.7. The van der Waals surface area contributed by atoms with Gasteiger partial charge in [0, 0.05) is 0 Å². The Labute approximate surface area is 326 Å². The summed E-state index contributed by atoms with van der Waals surface area (Å²) in [7, 11) is 0. The van der Waals surface area contributed by atoms with E-state index in [-0.39, 0.29) is 66.5 Å². The van der Waals surface area contributed by atoms with Crippen molar-refractivity contribution in [2.24, 2.45) is 0 Å². The second-order valence-corrected chi connectivity index (χ2v) is 37.4. The molecule has 10 nitrogen and oxygen atoms in total. The molecule has 0 atom stereocenters. The third-order valence-electron chi connectivity index (χ3n) is 0. The maximum absolute atomic E-state index is 10.7. The van der Waals surface area contributed by atoms with Gasteiger partial charge < -0.3 is 0 Å². The van der Waals surface area contributed by atoms with Gasteiger partial charge in [0.2, 0.25) is 0 Å². The van der Waals surface area contributed by atoms with Gasteiger partial charge in [-0.25, -0.2) is 0 Å². The van der Waals surface area contributed by atoms with Gasteiger partial charge >= 0.3 is 331 Å². The zero-order valence-electron chi connectivity index (χ0n) is 21.2. The van der Waals surface area contributed by atoms with Crippen molar-refractivity contribution in [1.29, 1.82) is 0 Å². The van der Waals surface area contributed by atoms with Crippen molar-refractivity contribution < 1.29 is 193 Å². The van der Waals surface area contributed by atoms with Gasteiger partial charge in [0.1, 0.15) is 0 Å². The molecule has 53 heavy (non-hydrogen) atoms. The molecule has 350 valence electrons. The minimum atomic E-state index is -10.7. The van der Waals surface area contributed by atoms with Crippen molar-refractivity contribution in [2.45, 2.75) is 0 Å². The van der Waals surface area contributed by atoms with E-state index in [1.165, 1.54) is 0 Å². The van der Waals surface area contributed by atoms with E-state index in [1.807, 2.05) is 0 Å². The second-order valence-electron chi connectivity index (χ2n) is 5.57. The Balaban J connectivity index is -0.0000000313. The van der Waals surface area contributed by atoms with Gasteiger partial charge in [-0.1, -0.05) is 0 Å². The van der Waals surface area contributed by atoms with E-state index in [9.17, 15) is 86.8 Å². The van der Waals surface area contributed by atoms with E-state index in [0.717, 1.165) is 0 Å². The summed E-state index contributed by atoms with van der Waals surface area (Å²) in [5.41, 5.74) is 0. The van der Waals surface area contributed by atoms with Crippen molar-refractivity contribution in [1.82, 2.24) is 0 Å². The standard InChI is InChI=1S/4CO.2Ag.6F5HOTe.Ti/c4*1-2;;;6*1-7(2,3,4,5)6;/h;;;;;;6*6H;/q;;;;2*+1;;;;;;;+2. The van der Waals surface area contributed by atoms with Crippen LogP contribution in [0.3, 0.4) is 0 Å². The van der Waals surface area contributed by atoms with E-state index >= 15 is 0 Å². The summed E-state index contributed by atoms with van der Waals surface area (Å²) >= 11 is -64.1. The van der Waals surface area contributed by atoms with Crippen molar-refractivity contribution in [3.8, 4) is 0 Å². The van der Waals surface area contributed by atoms with E-state index in [4.69, 9.17) is 39.4 Å². The Bertz CT molecular complexity index is 832. The fourth-order valence-corrected chi connectivity index (χ4v) is 0. The van der Waals surface area contributed by atoms with Crippen molar-refractivity contribution >= 4 is 112 Å². The quantitative estimate of drug-likeness (QED) is 0.0665. The van der Waals surface area contributed by atoms with E-state index in [1.54, 1.807) is 0 Å². The molecular weight excluding hydrogens is 1810 g/mol. The number of hydrogen-bond donors (Lipinski definition) is 6. The average molecular weight is 1810 g/mol. The number of halogens is 30. The van der Waals surface area contributed by atoms with Crippen LogP contribution < -0.4 is 0 Å². The molecule has 49 heteroatoms. The summed E-state index contributed by atoms with van der Waals surface area (Å²) in [4.78, 5) is 0. The van der Waals surface area contributed by atoms with Gasteiger partial charge in [0.15, 0.2) is 0 Å². The first kappa shape index (κ1) is 92.0. The summed E-state index contributed by atoms with van der Waals surface area (Å²) in [6.45, 7) is 18.0. The summed E-state index contributed by atoms with van der Waals surface area (Å²) in [5.74, 6) is 0. The van der Waals surface area contributed by atoms with Gasteiger partial charge in [0.05, 0.1) is 0 Å². The van der Waals surface area contributed by atoms with Crippen LogP contribution in [0.25, 0.3) is 0 Å². The molecule has 0 saturated carbocycles. The molecule has 0 radical (unpaired) electrons. The van der Waals surface area contributed by atoms with Gasteiger partial charge in [-0.05, 0) is 0 Å².